The molecule has 0 saturated heterocycles. The zero-order valence-corrected chi connectivity index (χ0v) is 15.7. The monoisotopic (exact) mass is 396 g/mol. The van der Waals surface area contributed by atoms with Gasteiger partial charge in [-0.1, -0.05) is 5.92 Å². The second kappa shape index (κ2) is 8.75. The second-order valence-corrected chi connectivity index (χ2v) is 5.66. The number of aromatic nitrogens is 2. The number of carbonyl (C=O) groups is 1. The number of ether oxygens (including phenoxy) is 3. The number of rotatable bonds is 6. The van der Waals surface area contributed by atoms with Gasteiger partial charge in [-0.15, -0.1) is 6.42 Å². The van der Waals surface area contributed by atoms with Crippen LogP contribution in [-0.2, 0) is 0 Å². The summed E-state index contributed by atoms with van der Waals surface area (Å²) in [6.07, 6.45) is 6.38. The lowest BCUT2D eigenvalue weighted by molar-refractivity contribution is 0.253. The molecule has 2 aromatic carbocycles. The van der Waals surface area contributed by atoms with Gasteiger partial charge >= 0.3 is 6.03 Å². The fourth-order valence-electron chi connectivity index (χ4n) is 2.51. The number of hydrogen-bond acceptors (Lipinski definition) is 6. The number of benzene rings is 2. The lowest BCUT2D eigenvalue weighted by Gasteiger charge is -2.12. The summed E-state index contributed by atoms with van der Waals surface area (Å²) >= 11 is 0. The molecule has 148 valence electrons. The number of hydrogen-bond donors (Lipinski definition) is 2. The number of halogens is 1. The van der Waals surface area contributed by atoms with Crippen molar-refractivity contribution in [3.8, 4) is 35.5 Å². The van der Waals surface area contributed by atoms with Crippen molar-refractivity contribution in [3.63, 3.8) is 0 Å². The number of terminal acetylenes is 1. The summed E-state index contributed by atoms with van der Waals surface area (Å²) in [7, 11) is 3.03. The Hall–Kier alpha value is -4.06. The standard InChI is InChI=1S/C20H17FN4O4/c1-4-7-22-20(26)25-15-6-5-12(8-14(15)21)29-19-13-9-17(27-2)18(28-3)10-16(13)23-11-24-19/h1,5-6,8-11H,7H2,2-3H3,(H2,22,25,26). The molecule has 29 heavy (non-hydrogen) atoms. The molecule has 0 fully saturated rings. The molecule has 9 heteroatoms. The quantitative estimate of drug-likeness (QED) is 0.621. The topological polar surface area (TPSA) is 94.6 Å². The van der Waals surface area contributed by atoms with E-state index in [0.717, 1.165) is 6.07 Å². The van der Waals surface area contributed by atoms with E-state index in [4.69, 9.17) is 20.6 Å². The SMILES string of the molecule is C#CCNC(=O)Nc1ccc(Oc2ncnc3cc(OC)c(OC)cc23)cc1F. The molecule has 2 amide bonds. The molecule has 0 radical (unpaired) electrons. The number of methoxy groups -OCH3 is 2. The van der Waals surface area contributed by atoms with E-state index in [9.17, 15) is 9.18 Å². The van der Waals surface area contributed by atoms with E-state index in [0.29, 0.717) is 22.4 Å². The number of nitrogens with one attached hydrogen (secondary N) is 2. The molecule has 1 aromatic heterocycles. The molecule has 2 N–H and O–H groups in total. The summed E-state index contributed by atoms with van der Waals surface area (Å²) in [4.78, 5) is 19.9. The van der Waals surface area contributed by atoms with Gasteiger partial charge in [0.15, 0.2) is 11.5 Å². The predicted octanol–water partition coefficient (Wildman–Crippen LogP) is 3.33. The molecule has 8 nitrogen and oxygen atoms in total. The smallest absolute Gasteiger partial charge is 0.320 e. The van der Waals surface area contributed by atoms with Crippen molar-refractivity contribution in [2.24, 2.45) is 0 Å². The van der Waals surface area contributed by atoms with E-state index in [-0.39, 0.29) is 23.9 Å². The maximum Gasteiger partial charge on any atom is 0.320 e. The Morgan fingerprint density at radius 3 is 2.62 bits per heavy atom. The van der Waals surface area contributed by atoms with Gasteiger partial charge in [-0.2, -0.15) is 0 Å². The second-order valence-electron chi connectivity index (χ2n) is 5.66. The van der Waals surface area contributed by atoms with Crippen LogP contribution in [0.5, 0.6) is 23.1 Å². The third kappa shape index (κ3) is 4.44. The van der Waals surface area contributed by atoms with Crippen LogP contribution in [0.15, 0.2) is 36.7 Å². The minimum absolute atomic E-state index is 0.0224. The van der Waals surface area contributed by atoms with Gasteiger partial charge in [-0.05, 0) is 18.2 Å². The normalized spacial score (nSPS) is 10.1. The highest BCUT2D eigenvalue weighted by molar-refractivity contribution is 5.89. The molecular weight excluding hydrogens is 379 g/mol. The third-order valence-corrected chi connectivity index (χ3v) is 3.86. The molecule has 0 aliphatic rings. The Labute approximate surface area is 166 Å². The van der Waals surface area contributed by atoms with Crippen LogP contribution >= 0.6 is 0 Å². The first-order valence-electron chi connectivity index (χ1n) is 8.38. The number of amides is 2. The summed E-state index contributed by atoms with van der Waals surface area (Å²) in [5.74, 6) is 2.95. The minimum atomic E-state index is -0.684. The molecule has 3 rings (SSSR count). The van der Waals surface area contributed by atoms with Crippen LogP contribution in [0.25, 0.3) is 10.9 Å². The van der Waals surface area contributed by atoms with Crippen LogP contribution in [-0.4, -0.2) is 36.8 Å². The molecule has 0 aliphatic carbocycles. The molecule has 0 aliphatic heterocycles. The molecule has 0 bridgehead atoms. The van der Waals surface area contributed by atoms with Crippen molar-refractivity contribution in [3.05, 3.63) is 42.5 Å². The van der Waals surface area contributed by atoms with Gasteiger partial charge in [-0.3, -0.25) is 0 Å². The Morgan fingerprint density at radius 1 is 1.17 bits per heavy atom. The highest BCUT2D eigenvalue weighted by atomic mass is 19.1. The van der Waals surface area contributed by atoms with Crippen molar-refractivity contribution in [1.82, 2.24) is 15.3 Å². The lowest BCUT2D eigenvalue weighted by atomic mass is 10.2. The van der Waals surface area contributed by atoms with Gasteiger partial charge in [-0.25, -0.2) is 19.2 Å². The number of anilines is 1. The van der Waals surface area contributed by atoms with Crippen LogP contribution in [0, 0.1) is 18.2 Å². The third-order valence-electron chi connectivity index (χ3n) is 3.86. The zero-order chi connectivity index (χ0) is 20.8. The largest absolute Gasteiger partial charge is 0.493 e. The van der Waals surface area contributed by atoms with Gasteiger partial charge in [0, 0.05) is 12.1 Å². The van der Waals surface area contributed by atoms with E-state index in [2.05, 4.69) is 26.5 Å². The Bertz CT molecular complexity index is 1100. The lowest BCUT2D eigenvalue weighted by Crippen LogP contribution is -2.29. The highest BCUT2D eigenvalue weighted by Crippen LogP contribution is 2.36. The van der Waals surface area contributed by atoms with E-state index in [1.54, 1.807) is 12.1 Å². The number of nitrogens with zero attached hydrogens (tertiary/aromatic N) is 2. The van der Waals surface area contributed by atoms with Crippen LogP contribution in [0.4, 0.5) is 14.9 Å². The Kier molecular flexibility index (Phi) is 5.94. The highest BCUT2D eigenvalue weighted by Gasteiger charge is 2.14. The van der Waals surface area contributed by atoms with Gasteiger partial charge in [0.1, 0.15) is 17.9 Å². The Balaban J connectivity index is 1.86. The zero-order valence-electron chi connectivity index (χ0n) is 15.7. The Morgan fingerprint density at radius 2 is 1.93 bits per heavy atom. The summed E-state index contributed by atoms with van der Waals surface area (Å²) in [6.45, 7) is 0.0314. The first-order chi connectivity index (χ1) is 14.0. The van der Waals surface area contributed by atoms with Crippen molar-refractivity contribution < 1.29 is 23.4 Å². The molecule has 1 heterocycles. The van der Waals surface area contributed by atoms with E-state index in [1.165, 1.54) is 32.7 Å². The fourth-order valence-corrected chi connectivity index (χ4v) is 2.51. The summed E-state index contributed by atoms with van der Waals surface area (Å²) in [6, 6.07) is 6.74. The molecule has 3 aromatic rings. The molecule has 0 unspecified atom stereocenters. The average Bonchev–Trinajstić information content (AvgIpc) is 2.73. The van der Waals surface area contributed by atoms with Crippen LogP contribution < -0.4 is 24.8 Å². The van der Waals surface area contributed by atoms with Crippen molar-refractivity contribution in [1.29, 1.82) is 0 Å². The average molecular weight is 396 g/mol. The predicted molar refractivity (Wildman–Crippen MR) is 105 cm³/mol. The maximum atomic E-state index is 14.3. The number of carbonyl (C=O) groups excluding carboxylic acids is 1. The van der Waals surface area contributed by atoms with Crippen LogP contribution in [0.1, 0.15) is 0 Å². The van der Waals surface area contributed by atoms with Gasteiger partial charge < -0.3 is 24.8 Å². The van der Waals surface area contributed by atoms with Crippen LogP contribution in [0.3, 0.4) is 0 Å². The summed E-state index contributed by atoms with van der Waals surface area (Å²) in [5, 5.41) is 5.30. The van der Waals surface area contributed by atoms with Crippen LogP contribution in [0.2, 0.25) is 0 Å². The van der Waals surface area contributed by atoms with E-state index >= 15 is 0 Å². The molecule has 0 spiro atoms. The van der Waals surface area contributed by atoms with Crippen molar-refractivity contribution in [2.45, 2.75) is 0 Å². The van der Waals surface area contributed by atoms with Gasteiger partial charge in [0.25, 0.3) is 0 Å². The summed E-state index contributed by atoms with van der Waals surface area (Å²) < 4.78 is 30.6. The molecular formula is C20H17FN4O4. The fraction of sp³-hybridized carbons (Fsp3) is 0.150. The maximum absolute atomic E-state index is 14.3. The first-order valence-corrected chi connectivity index (χ1v) is 8.38. The number of fused-ring (bicyclic) bond motifs is 1. The van der Waals surface area contributed by atoms with Crippen molar-refractivity contribution >= 4 is 22.6 Å². The van der Waals surface area contributed by atoms with Gasteiger partial charge in [0.05, 0.1) is 37.4 Å². The van der Waals surface area contributed by atoms with Crippen molar-refractivity contribution in [2.75, 3.05) is 26.1 Å². The van der Waals surface area contributed by atoms with E-state index in [1.807, 2.05) is 0 Å². The number of urea groups is 1. The van der Waals surface area contributed by atoms with E-state index < -0.39 is 11.8 Å². The first kappa shape index (κ1) is 19.7. The van der Waals surface area contributed by atoms with Gasteiger partial charge in [0.2, 0.25) is 5.88 Å². The summed E-state index contributed by atoms with van der Waals surface area (Å²) in [5.41, 5.74) is 0.544. The minimum Gasteiger partial charge on any atom is -0.493 e. The molecule has 0 atom stereocenters. The molecule has 0 saturated carbocycles.